The number of aromatic nitrogens is 2. The molecule has 2 saturated heterocycles. The number of hydrogen-bond acceptors (Lipinski definition) is 3. The van der Waals surface area contributed by atoms with Gasteiger partial charge in [0.05, 0.1) is 5.69 Å². The van der Waals surface area contributed by atoms with E-state index < -0.39 is 0 Å². The van der Waals surface area contributed by atoms with Gasteiger partial charge in [-0.25, -0.2) is 4.68 Å². The maximum Gasteiger partial charge on any atom is 0.0648 e. The van der Waals surface area contributed by atoms with E-state index in [1.54, 1.807) is 0 Å². The van der Waals surface area contributed by atoms with Gasteiger partial charge < -0.3 is 0 Å². The zero-order valence-corrected chi connectivity index (χ0v) is 12.4. The molecule has 2 fully saturated rings. The second-order valence-electron chi connectivity index (χ2n) is 6.19. The fraction of sp³-hybridized carbons (Fsp3) is 0.471. The summed E-state index contributed by atoms with van der Waals surface area (Å²) < 4.78 is 1.93. The Morgan fingerprint density at radius 2 is 2.14 bits per heavy atom. The van der Waals surface area contributed by atoms with Crippen molar-refractivity contribution < 1.29 is 0 Å². The molecule has 0 radical (unpaired) electrons. The van der Waals surface area contributed by atoms with Crippen LogP contribution < -0.4 is 0 Å². The maximum atomic E-state index is 4.31. The van der Waals surface area contributed by atoms with Gasteiger partial charge in [0.25, 0.3) is 0 Å². The smallest absolute Gasteiger partial charge is 0.0648 e. The average Bonchev–Trinajstić information content (AvgIpc) is 3.18. The normalized spacial score (nSPS) is 23.3. The van der Waals surface area contributed by atoms with Gasteiger partial charge >= 0.3 is 0 Å². The lowest BCUT2D eigenvalue weighted by Crippen LogP contribution is -2.49. The Bertz CT molecular complexity index is 593. The van der Waals surface area contributed by atoms with Crippen LogP contribution in [0.2, 0.25) is 0 Å². The molecular formula is C17H22N4. The number of rotatable bonds is 3. The van der Waals surface area contributed by atoms with E-state index in [9.17, 15) is 0 Å². The third kappa shape index (κ3) is 2.74. The van der Waals surface area contributed by atoms with Crippen molar-refractivity contribution in [1.29, 1.82) is 0 Å². The summed E-state index contributed by atoms with van der Waals surface area (Å²) in [5, 5.41) is 4.31. The molecule has 1 atom stereocenters. The molecule has 4 nitrogen and oxygen atoms in total. The molecule has 0 amide bonds. The van der Waals surface area contributed by atoms with E-state index in [2.05, 4.69) is 39.2 Å². The molecular weight excluding hydrogens is 260 g/mol. The third-order valence-electron chi connectivity index (χ3n) is 4.76. The molecule has 1 aromatic carbocycles. The van der Waals surface area contributed by atoms with Crippen molar-refractivity contribution in [3.63, 3.8) is 0 Å². The molecule has 0 spiro atoms. The summed E-state index contributed by atoms with van der Waals surface area (Å²) in [6.07, 6.45) is 6.58. The van der Waals surface area contributed by atoms with Gasteiger partial charge in [-0.15, -0.1) is 0 Å². The predicted molar refractivity (Wildman–Crippen MR) is 83.4 cm³/mol. The Labute approximate surface area is 126 Å². The summed E-state index contributed by atoms with van der Waals surface area (Å²) in [6, 6.07) is 11.5. The summed E-state index contributed by atoms with van der Waals surface area (Å²) in [5.74, 6) is 0. The van der Waals surface area contributed by atoms with Gasteiger partial charge in [0.1, 0.15) is 0 Å². The van der Waals surface area contributed by atoms with Gasteiger partial charge in [-0.3, -0.25) is 9.80 Å². The quantitative estimate of drug-likeness (QED) is 0.862. The van der Waals surface area contributed by atoms with E-state index in [4.69, 9.17) is 0 Å². The topological polar surface area (TPSA) is 24.3 Å². The van der Waals surface area contributed by atoms with Crippen LogP contribution in [0.25, 0.3) is 5.69 Å². The highest BCUT2D eigenvalue weighted by atomic mass is 15.3. The van der Waals surface area contributed by atoms with Crippen LogP contribution >= 0.6 is 0 Å². The Morgan fingerprint density at radius 1 is 1.14 bits per heavy atom. The van der Waals surface area contributed by atoms with Crippen molar-refractivity contribution >= 4 is 0 Å². The lowest BCUT2D eigenvalue weighted by atomic mass is 10.1. The second-order valence-corrected chi connectivity index (χ2v) is 6.19. The van der Waals surface area contributed by atoms with Gasteiger partial charge in [0.2, 0.25) is 0 Å². The second kappa shape index (κ2) is 5.62. The van der Waals surface area contributed by atoms with Gasteiger partial charge in [-0.1, -0.05) is 12.1 Å². The molecule has 1 aromatic heterocycles. The van der Waals surface area contributed by atoms with Crippen molar-refractivity contribution in [2.45, 2.75) is 25.4 Å². The Hall–Kier alpha value is -1.65. The first-order chi connectivity index (χ1) is 10.4. The van der Waals surface area contributed by atoms with Crippen molar-refractivity contribution in [3.8, 4) is 5.69 Å². The van der Waals surface area contributed by atoms with Crippen molar-refractivity contribution in [2.24, 2.45) is 0 Å². The number of fused-ring (bicyclic) bond motifs is 1. The monoisotopic (exact) mass is 282 g/mol. The molecule has 0 bridgehead atoms. The zero-order valence-electron chi connectivity index (χ0n) is 12.4. The fourth-order valence-corrected chi connectivity index (χ4v) is 3.68. The van der Waals surface area contributed by atoms with E-state index in [0.29, 0.717) is 0 Å². The van der Waals surface area contributed by atoms with Crippen LogP contribution in [0.3, 0.4) is 0 Å². The highest BCUT2D eigenvalue weighted by Crippen LogP contribution is 2.22. The minimum Gasteiger partial charge on any atom is -0.298 e. The van der Waals surface area contributed by atoms with E-state index in [1.807, 2.05) is 23.1 Å². The van der Waals surface area contributed by atoms with Crippen LogP contribution in [-0.4, -0.2) is 51.8 Å². The lowest BCUT2D eigenvalue weighted by molar-refractivity contribution is 0.0994. The molecule has 2 aliphatic heterocycles. The van der Waals surface area contributed by atoms with E-state index in [0.717, 1.165) is 18.3 Å². The summed E-state index contributed by atoms with van der Waals surface area (Å²) >= 11 is 0. The SMILES string of the molecule is c1cc(CN2CCN3CCC[C@@H]3C2)cc(-n2cccn2)c1. The molecule has 0 unspecified atom stereocenters. The van der Waals surface area contributed by atoms with Crippen LogP contribution in [0, 0.1) is 0 Å². The first-order valence-corrected chi connectivity index (χ1v) is 7.94. The third-order valence-corrected chi connectivity index (χ3v) is 4.76. The van der Waals surface area contributed by atoms with Crippen LogP contribution in [0.1, 0.15) is 18.4 Å². The van der Waals surface area contributed by atoms with E-state index >= 15 is 0 Å². The molecule has 21 heavy (non-hydrogen) atoms. The molecule has 2 aliphatic rings. The largest absolute Gasteiger partial charge is 0.298 e. The highest BCUT2D eigenvalue weighted by molar-refractivity contribution is 5.35. The molecule has 3 heterocycles. The van der Waals surface area contributed by atoms with Crippen molar-refractivity contribution in [3.05, 3.63) is 48.3 Å². The van der Waals surface area contributed by atoms with E-state index in [-0.39, 0.29) is 0 Å². The molecule has 4 heteroatoms. The van der Waals surface area contributed by atoms with Gasteiger partial charge in [-0.2, -0.15) is 5.10 Å². The summed E-state index contributed by atoms with van der Waals surface area (Å²) in [6.45, 7) is 6.03. The fourth-order valence-electron chi connectivity index (χ4n) is 3.68. The lowest BCUT2D eigenvalue weighted by Gasteiger charge is -2.37. The minimum atomic E-state index is 0.799. The highest BCUT2D eigenvalue weighted by Gasteiger charge is 2.30. The molecule has 0 saturated carbocycles. The number of benzene rings is 1. The van der Waals surface area contributed by atoms with Crippen molar-refractivity contribution in [2.75, 3.05) is 26.2 Å². The zero-order chi connectivity index (χ0) is 14.1. The van der Waals surface area contributed by atoms with E-state index in [1.165, 1.54) is 44.6 Å². The summed E-state index contributed by atoms with van der Waals surface area (Å²) in [7, 11) is 0. The number of nitrogens with zero attached hydrogens (tertiary/aromatic N) is 4. The number of piperazine rings is 1. The molecule has 4 rings (SSSR count). The van der Waals surface area contributed by atoms with Crippen LogP contribution in [-0.2, 0) is 6.54 Å². The molecule has 0 N–H and O–H groups in total. The van der Waals surface area contributed by atoms with Crippen LogP contribution in [0.15, 0.2) is 42.7 Å². The first-order valence-electron chi connectivity index (χ1n) is 7.94. The first kappa shape index (κ1) is 13.0. The average molecular weight is 282 g/mol. The molecule has 2 aromatic rings. The predicted octanol–water partition coefficient (Wildman–Crippen LogP) is 2.15. The Morgan fingerprint density at radius 3 is 3.05 bits per heavy atom. The van der Waals surface area contributed by atoms with Gasteiger partial charge in [0, 0.05) is 44.6 Å². The Balaban J connectivity index is 1.46. The van der Waals surface area contributed by atoms with Crippen LogP contribution in [0.5, 0.6) is 0 Å². The van der Waals surface area contributed by atoms with Gasteiger partial charge in [-0.05, 0) is 43.1 Å². The van der Waals surface area contributed by atoms with Crippen molar-refractivity contribution in [1.82, 2.24) is 19.6 Å². The van der Waals surface area contributed by atoms with Crippen LogP contribution in [0.4, 0.5) is 0 Å². The maximum absolute atomic E-state index is 4.31. The standard InChI is InChI=1S/C17H22N4/c1-4-15(12-16(5-1)21-9-3-7-18-21)13-19-10-11-20-8-2-6-17(20)14-19/h1,3-5,7,9,12,17H,2,6,8,10-11,13-14H2/t17-/m1/s1. The number of hydrogen-bond donors (Lipinski definition) is 0. The summed E-state index contributed by atoms with van der Waals surface area (Å²) in [5.41, 5.74) is 2.53. The molecule has 110 valence electrons. The summed E-state index contributed by atoms with van der Waals surface area (Å²) in [4.78, 5) is 5.27. The van der Waals surface area contributed by atoms with Gasteiger partial charge in [0.15, 0.2) is 0 Å². The molecule has 0 aliphatic carbocycles. The Kier molecular flexibility index (Phi) is 3.49. The minimum absolute atomic E-state index is 0.799.